The first-order valence-electron chi connectivity index (χ1n) is 11.1. The fourth-order valence-corrected chi connectivity index (χ4v) is 4.09. The van der Waals surface area contributed by atoms with Crippen molar-refractivity contribution in [2.24, 2.45) is 0 Å². The summed E-state index contributed by atoms with van der Waals surface area (Å²) in [6.07, 6.45) is 0. The van der Waals surface area contributed by atoms with Gasteiger partial charge in [0.15, 0.2) is 6.61 Å². The second-order valence-corrected chi connectivity index (χ2v) is 8.23. The molecule has 1 aliphatic heterocycles. The number of rotatable bonds is 8. The number of hydrogen-bond donors (Lipinski definition) is 1. The molecule has 1 amide bonds. The van der Waals surface area contributed by atoms with E-state index < -0.39 is 0 Å². The highest BCUT2D eigenvalue weighted by Crippen LogP contribution is 2.24. The summed E-state index contributed by atoms with van der Waals surface area (Å²) in [6, 6.07) is 22.2. The Labute approximate surface area is 189 Å². The van der Waals surface area contributed by atoms with E-state index in [-0.39, 0.29) is 18.6 Å². The second kappa shape index (κ2) is 10.5. The fraction of sp³-hybridized carbons (Fsp3) is 0.346. The Balaban J connectivity index is 1.37. The number of likely N-dealkylation sites (N-methyl/N-ethyl adjacent to an activating group) is 1. The molecule has 1 N–H and O–H groups in total. The third kappa shape index (κ3) is 5.58. The molecule has 0 saturated carbocycles. The van der Waals surface area contributed by atoms with Crippen molar-refractivity contribution in [3.63, 3.8) is 0 Å². The lowest BCUT2D eigenvalue weighted by Crippen LogP contribution is -2.48. The normalized spacial score (nSPS) is 15.9. The van der Waals surface area contributed by atoms with Gasteiger partial charge in [0, 0.05) is 32.7 Å². The molecule has 6 nitrogen and oxygen atoms in total. The number of carbonyl (C=O) groups excluding carboxylic acids is 1. The highest BCUT2D eigenvalue weighted by atomic mass is 16.5. The van der Waals surface area contributed by atoms with E-state index in [0.717, 1.165) is 42.7 Å². The minimum Gasteiger partial charge on any atom is -0.497 e. The summed E-state index contributed by atoms with van der Waals surface area (Å²) in [7, 11) is 3.81. The van der Waals surface area contributed by atoms with Gasteiger partial charge in [0.25, 0.3) is 5.91 Å². The number of nitrogens with zero attached hydrogens (tertiary/aromatic N) is 2. The quantitative estimate of drug-likeness (QED) is 0.591. The zero-order chi connectivity index (χ0) is 22.3. The van der Waals surface area contributed by atoms with Crippen molar-refractivity contribution in [2.75, 3.05) is 53.5 Å². The Kier molecular flexibility index (Phi) is 7.24. The molecule has 0 bridgehead atoms. The minimum absolute atomic E-state index is 0.00356. The maximum absolute atomic E-state index is 12.6. The van der Waals surface area contributed by atoms with Gasteiger partial charge in [-0.2, -0.15) is 0 Å². The summed E-state index contributed by atoms with van der Waals surface area (Å²) in [4.78, 5) is 17.3. The van der Waals surface area contributed by atoms with Crippen molar-refractivity contribution >= 4 is 16.7 Å². The molecule has 168 valence electrons. The van der Waals surface area contributed by atoms with Gasteiger partial charge >= 0.3 is 0 Å². The number of ether oxygens (including phenoxy) is 2. The van der Waals surface area contributed by atoms with E-state index in [1.54, 1.807) is 7.11 Å². The maximum Gasteiger partial charge on any atom is 0.258 e. The number of fused-ring (bicyclic) bond motifs is 1. The summed E-state index contributed by atoms with van der Waals surface area (Å²) < 4.78 is 11.1. The van der Waals surface area contributed by atoms with Crippen LogP contribution in [0.4, 0.5) is 0 Å². The van der Waals surface area contributed by atoms with E-state index in [9.17, 15) is 4.79 Å². The first-order valence-corrected chi connectivity index (χ1v) is 11.1. The van der Waals surface area contributed by atoms with Gasteiger partial charge in [0.2, 0.25) is 0 Å². The SMILES string of the molecule is COc1ccc([C@@H](CNC(=O)COc2ccc3ccccc3c2)N2CCN(C)CC2)cc1. The van der Waals surface area contributed by atoms with Gasteiger partial charge in [-0.05, 0) is 47.6 Å². The molecule has 1 fully saturated rings. The van der Waals surface area contributed by atoms with Crippen molar-refractivity contribution in [3.8, 4) is 11.5 Å². The van der Waals surface area contributed by atoms with Crippen molar-refractivity contribution in [3.05, 3.63) is 72.3 Å². The maximum atomic E-state index is 12.6. The van der Waals surface area contributed by atoms with Gasteiger partial charge in [-0.15, -0.1) is 0 Å². The van der Waals surface area contributed by atoms with Crippen LogP contribution in [0, 0.1) is 0 Å². The molecule has 0 spiro atoms. The van der Waals surface area contributed by atoms with E-state index in [4.69, 9.17) is 9.47 Å². The van der Waals surface area contributed by atoms with E-state index in [1.165, 1.54) is 5.56 Å². The fourth-order valence-electron chi connectivity index (χ4n) is 4.09. The lowest BCUT2D eigenvalue weighted by molar-refractivity contribution is -0.123. The molecule has 3 aromatic carbocycles. The molecule has 0 unspecified atom stereocenters. The van der Waals surface area contributed by atoms with E-state index in [1.807, 2.05) is 48.5 Å². The van der Waals surface area contributed by atoms with Gasteiger partial charge in [0.05, 0.1) is 13.2 Å². The Morgan fingerprint density at radius 3 is 2.34 bits per heavy atom. The third-order valence-electron chi connectivity index (χ3n) is 6.06. The molecule has 0 aromatic heterocycles. The Morgan fingerprint density at radius 2 is 1.62 bits per heavy atom. The molecule has 0 aliphatic carbocycles. The van der Waals surface area contributed by atoms with Crippen LogP contribution >= 0.6 is 0 Å². The molecule has 1 atom stereocenters. The van der Waals surface area contributed by atoms with Crippen molar-refractivity contribution < 1.29 is 14.3 Å². The number of nitrogens with one attached hydrogen (secondary N) is 1. The van der Waals surface area contributed by atoms with E-state index >= 15 is 0 Å². The number of amides is 1. The third-order valence-corrected chi connectivity index (χ3v) is 6.06. The standard InChI is InChI=1S/C26H31N3O3/c1-28-13-15-29(16-14-28)25(21-8-10-23(31-2)11-9-21)18-27-26(30)19-32-24-12-7-20-5-3-4-6-22(20)17-24/h3-12,17,25H,13-16,18-19H2,1-2H3,(H,27,30)/t25-/m1/s1. The van der Waals surface area contributed by atoms with Crippen LogP contribution in [0.1, 0.15) is 11.6 Å². The molecule has 1 saturated heterocycles. The van der Waals surface area contributed by atoms with Gasteiger partial charge in [-0.1, -0.05) is 42.5 Å². The summed E-state index contributed by atoms with van der Waals surface area (Å²) in [5, 5.41) is 5.32. The predicted molar refractivity (Wildman–Crippen MR) is 127 cm³/mol. The number of methoxy groups -OCH3 is 1. The first-order chi connectivity index (χ1) is 15.6. The number of benzene rings is 3. The van der Waals surface area contributed by atoms with Gasteiger partial charge in [-0.3, -0.25) is 9.69 Å². The average Bonchev–Trinajstić information content (AvgIpc) is 2.84. The van der Waals surface area contributed by atoms with Crippen LogP contribution in [0.2, 0.25) is 0 Å². The predicted octanol–water partition coefficient (Wildman–Crippen LogP) is 3.33. The Bertz CT molecular complexity index is 1030. The highest BCUT2D eigenvalue weighted by Gasteiger charge is 2.24. The van der Waals surface area contributed by atoms with Gasteiger partial charge < -0.3 is 19.7 Å². The minimum atomic E-state index is -0.120. The Morgan fingerprint density at radius 1 is 0.938 bits per heavy atom. The molecule has 0 radical (unpaired) electrons. The summed E-state index contributed by atoms with van der Waals surface area (Å²) >= 11 is 0. The topological polar surface area (TPSA) is 54.0 Å². The Hall–Kier alpha value is -3.09. The van der Waals surface area contributed by atoms with Crippen LogP contribution in [-0.2, 0) is 4.79 Å². The zero-order valence-electron chi connectivity index (χ0n) is 18.8. The second-order valence-electron chi connectivity index (χ2n) is 8.23. The number of carbonyl (C=O) groups is 1. The number of piperazine rings is 1. The van der Waals surface area contributed by atoms with Crippen LogP contribution in [0.5, 0.6) is 11.5 Å². The molecule has 32 heavy (non-hydrogen) atoms. The molecule has 6 heteroatoms. The van der Waals surface area contributed by atoms with Crippen molar-refractivity contribution in [2.45, 2.75) is 6.04 Å². The van der Waals surface area contributed by atoms with Crippen molar-refractivity contribution in [1.29, 1.82) is 0 Å². The van der Waals surface area contributed by atoms with Crippen LogP contribution in [0.3, 0.4) is 0 Å². The van der Waals surface area contributed by atoms with E-state index in [0.29, 0.717) is 12.3 Å². The molecule has 3 aromatic rings. The van der Waals surface area contributed by atoms with Crippen LogP contribution in [0.25, 0.3) is 10.8 Å². The van der Waals surface area contributed by atoms with Gasteiger partial charge in [0.1, 0.15) is 11.5 Å². The monoisotopic (exact) mass is 433 g/mol. The van der Waals surface area contributed by atoms with Crippen molar-refractivity contribution in [1.82, 2.24) is 15.1 Å². The van der Waals surface area contributed by atoms with E-state index in [2.05, 4.69) is 40.4 Å². The van der Waals surface area contributed by atoms with Crippen LogP contribution in [0.15, 0.2) is 66.7 Å². The largest absolute Gasteiger partial charge is 0.497 e. The van der Waals surface area contributed by atoms with Crippen LogP contribution < -0.4 is 14.8 Å². The van der Waals surface area contributed by atoms with Crippen LogP contribution in [-0.4, -0.2) is 69.2 Å². The lowest BCUT2D eigenvalue weighted by Gasteiger charge is -2.38. The average molecular weight is 434 g/mol. The summed E-state index contributed by atoms with van der Waals surface area (Å²) in [5.74, 6) is 1.41. The zero-order valence-corrected chi connectivity index (χ0v) is 18.8. The smallest absolute Gasteiger partial charge is 0.258 e. The molecule has 1 heterocycles. The molecule has 4 rings (SSSR count). The van der Waals surface area contributed by atoms with Gasteiger partial charge in [-0.25, -0.2) is 0 Å². The molecular formula is C26H31N3O3. The number of hydrogen-bond acceptors (Lipinski definition) is 5. The molecular weight excluding hydrogens is 402 g/mol. The first kappa shape index (κ1) is 22.1. The highest BCUT2D eigenvalue weighted by molar-refractivity contribution is 5.84. The lowest BCUT2D eigenvalue weighted by atomic mass is 10.0. The molecule has 1 aliphatic rings. The summed E-state index contributed by atoms with van der Waals surface area (Å²) in [6.45, 7) is 4.51. The summed E-state index contributed by atoms with van der Waals surface area (Å²) in [5.41, 5.74) is 1.17.